The molecule has 0 fully saturated rings. The molecule has 0 unspecified atom stereocenters. The number of ether oxygens (including phenoxy) is 1. The third kappa shape index (κ3) is 6.10. The lowest BCUT2D eigenvalue weighted by Crippen LogP contribution is -2.30. The predicted molar refractivity (Wildman–Crippen MR) is 119 cm³/mol. The van der Waals surface area contributed by atoms with Crippen molar-refractivity contribution in [3.05, 3.63) is 96.1 Å². The van der Waals surface area contributed by atoms with Crippen molar-refractivity contribution in [3.8, 4) is 0 Å². The molecule has 0 saturated heterocycles. The molecule has 0 bridgehead atoms. The molecule has 0 aliphatic rings. The summed E-state index contributed by atoms with van der Waals surface area (Å²) in [5.74, 6) is 0.205. The molecule has 3 amide bonds. The summed E-state index contributed by atoms with van der Waals surface area (Å²) in [5, 5.41) is 8.27. The van der Waals surface area contributed by atoms with Gasteiger partial charge in [0.15, 0.2) is 0 Å². The van der Waals surface area contributed by atoms with E-state index in [2.05, 4.69) is 45.0 Å². The fourth-order valence-electron chi connectivity index (χ4n) is 3.21. The normalized spacial score (nSPS) is 10.3. The smallest absolute Gasteiger partial charge is 0.411 e. The number of rotatable bonds is 7. The van der Waals surface area contributed by atoms with Crippen molar-refractivity contribution in [1.82, 2.24) is 5.32 Å². The molecule has 0 radical (unpaired) electrons. The van der Waals surface area contributed by atoms with Crippen molar-refractivity contribution in [2.75, 3.05) is 24.3 Å². The van der Waals surface area contributed by atoms with E-state index in [1.807, 2.05) is 36.4 Å². The van der Waals surface area contributed by atoms with Crippen LogP contribution in [-0.4, -0.2) is 25.8 Å². The van der Waals surface area contributed by atoms with Crippen molar-refractivity contribution in [2.24, 2.45) is 0 Å². The number of benzene rings is 3. The van der Waals surface area contributed by atoms with Crippen LogP contribution in [0.1, 0.15) is 23.5 Å². The molecule has 3 aromatic carbocycles. The Morgan fingerprint density at radius 2 is 1.27 bits per heavy atom. The third-order valence-corrected chi connectivity index (χ3v) is 4.70. The average Bonchev–Trinajstić information content (AvgIpc) is 2.79. The molecule has 0 spiro atoms. The van der Waals surface area contributed by atoms with Gasteiger partial charge in [0.2, 0.25) is 0 Å². The average molecular weight is 403 g/mol. The van der Waals surface area contributed by atoms with Gasteiger partial charge in [0.1, 0.15) is 0 Å². The first kappa shape index (κ1) is 20.9. The van der Waals surface area contributed by atoms with Crippen molar-refractivity contribution in [3.63, 3.8) is 0 Å². The summed E-state index contributed by atoms with van der Waals surface area (Å²) in [4.78, 5) is 23.5. The van der Waals surface area contributed by atoms with Crippen molar-refractivity contribution >= 4 is 23.5 Å². The monoisotopic (exact) mass is 403 g/mol. The molecule has 0 heterocycles. The molecule has 6 heteroatoms. The SMILES string of the molecule is COC(=O)Nc1ccc(NC(=O)NCCC(c2ccccc2)c2ccccc2)cc1. The van der Waals surface area contributed by atoms with Crippen LogP contribution < -0.4 is 16.0 Å². The van der Waals surface area contributed by atoms with Crippen LogP contribution in [0.3, 0.4) is 0 Å². The quantitative estimate of drug-likeness (QED) is 0.507. The number of hydrogen-bond acceptors (Lipinski definition) is 3. The Balaban J connectivity index is 1.54. The van der Waals surface area contributed by atoms with E-state index in [-0.39, 0.29) is 11.9 Å². The second kappa shape index (κ2) is 10.7. The molecule has 0 aromatic heterocycles. The second-order valence-corrected chi connectivity index (χ2v) is 6.74. The largest absolute Gasteiger partial charge is 0.453 e. The first-order chi connectivity index (χ1) is 14.7. The van der Waals surface area contributed by atoms with Gasteiger partial charge < -0.3 is 15.4 Å². The second-order valence-electron chi connectivity index (χ2n) is 6.74. The van der Waals surface area contributed by atoms with E-state index in [1.165, 1.54) is 18.2 Å². The highest BCUT2D eigenvalue weighted by atomic mass is 16.5. The van der Waals surface area contributed by atoms with Gasteiger partial charge >= 0.3 is 12.1 Å². The number of carbonyl (C=O) groups excluding carboxylic acids is 2. The van der Waals surface area contributed by atoms with Crippen LogP contribution >= 0.6 is 0 Å². The molecule has 0 aliphatic heterocycles. The van der Waals surface area contributed by atoms with Gasteiger partial charge in [-0.3, -0.25) is 5.32 Å². The van der Waals surface area contributed by atoms with Crippen LogP contribution in [0.4, 0.5) is 21.0 Å². The molecule has 3 rings (SSSR count). The van der Waals surface area contributed by atoms with E-state index in [0.717, 1.165) is 6.42 Å². The summed E-state index contributed by atoms with van der Waals surface area (Å²) in [7, 11) is 1.30. The highest BCUT2D eigenvalue weighted by molar-refractivity contribution is 5.90. The molecule has 0 saturated carbocycles. The molecule has 30 heavy (non-hydrogen) atoms. The highest BCUT2D eigenvalue weighted by Gasteiger charge is 2.14. The maximum absolute atomic E-state index is 12.3. The molecule has 0 atom stereocenters. The number of urea groups is 1. The first-order valence-corrected chi connectivity index (χ1v) is 9.75. The Kier molecular flexibility index (Phi) is 7.44. The standard InChI is InChI=1S/C24H25N3O3/c1-30-24(29)27-21-14-12-20(13-15-21)26-23(28)25-17-16-22(18-8-4-2-5-9-18)19-10-6-3-7-11-19/h2-15,22H,16-17H2,1H3,(H,27,29)(H2,25,26,28). The fourth-order valence-corrected chi connectivity index (χ4v) is 3.21. The van der Waals surface area contributed by atoms with Gasteiger partial charge in [-0.1, -0.05) is 60.7 Å². The summed E-state index contributed by atoms with van der Waals surface area (Å²) < 4.78 is 4.55. The number of nitrogens with one attached hydrogen (secondary N) is 3. The van der Waals surface area contributed by atoms with Gasteiger partial charge in [-0.2, -0.15) is 0 Å². The third-order valence-electron chi connectivity index (χ3n) is 4.70. The number of hydrogen-bond donors (Lipinski definition) is 3. The first-order valence-electron chi connectivity index (χ1n) is 9.75. The van der Waals surface area contributed by atoms with Crippen molar-refractivity contribution < 1.29 is 14.3 Å². The van der Waals surface area contributed by atoms with Gasteiger partial charge in [-0.15, -0.1) is 0 Å². The van der Waals surface area contributed by atoms with Crippen LogP contribution in [0.5, 0.6) is 0 Å². The van der Waals surface area contributed by atoms with E-state index < -0.39 is 6.09 Å². The Morgan fingerprint density at radius 3 is 1.77 bits per heavy atom. The van der Waals surface area contributed by atoms with Crippen molar-refractivity contribution in [1.29, 1.82) is 0 Å². The van der Waals surface area contributed by atoms with Gasteiger partial charge in [0.25, 0.3) is 0 Å². The van der Waals surface area contributed by atoms with Gasteiger partial charge in [0.05, 0.1) is 7.11 Å². The summed E-state index contributed by atoms with van der Waals surface area (Å²) in [6.07, 6.45) is 0.239. The van der Waals surface area contributed by atoms with Gasteiger partial charge in [-0.05, 0) is 41.8 Å². The van der Waals surface area contributed by atoms with Crippen LogP contribution in [0.25, 0.3) is 0 Å². The maximum Gasteiger partial charge on any atom is 0.411 e. The van der Waals surface area contributed by atoms with E-state index in [9.17, 15) is 9.59 Å². The lowest BCUT2D eigenvalue weighted by atomic mass is 9.88. The fraction of sp³-hybridized carbons (Fsp3) is 0.167. The van der Waals surface area contributed by atoms with Crippen LogP contribution in [0.2, 0.25) is 0 Å². The molecule has 0 aliphatic carbocycles. The zero-order valence-corrected chi connectivity index (χ0v) is 16.8. The number of carbonyl (C=O) groups is 2. The number of methoxy groups -OCH3 is 1. The predicted octanol–water partition coefficient (Wildman–Crippen LogP) is 5.21. The number of amides is 3. The lowest BCUT2D eigenvalue weighted by molar-refractivity contribution is 0.187. The maximum atomic E-state index is 12.3. The zero-order chi connectivity index (χ0) is 21.2. The summed E-state index contributed by atoms with van der Waals surface area (Å²) in [6.45, 7) is 0.530. The summed E-state index contributed by atoms with van der Waals surface area (Å²) in [6, 6.07) is 27.1. The minimum atomic E-state index is -0.542. The Bertz CT molecular complexity index is 905. The lowest BCUT2D eigenvalue weighted by Gasteiger charge is -2.18. The number of anilines is 2. The Hall–Kier alpha value is -3.80. The molecule has 3 N–H and O–H groups in total. The van der Waals surface area contributed by atoms with Gasteiger partial charge in [0, 0.05) is 23.8 Å². The molecule has 6 nitrogen and oxygen atoms in total. The Labute approximate surface area is 176 Å². The zero-order valence-electron chi connectivity index (χ0n) is 16.8. The van der Waals surface area contributed by atoms with Crippen molar-refractivity contribution in [2.45, 2.75) is 12.3 Å². The molecule has 3 aromatic rings. The van der Waals surface area contributed by atoms with E-state index in [1.54, 1.807) is 24.3 Å². The van der Waals surface area contributed by atoms with E-state index >= 15 is 0 Å². The molecule has 154 valence electrons. The van der Waals surface area contributed by atoms with Crippen LogP contribution in [-0.2, 0) is 4.74 Å². The van der Waals surface area contributed by atoms with E-state index in [4.69, 9.17) is 0 Å². The summed E-state index contributed by atoms with van der Waals surface area (Å²) >= 11 is 0. The summed E-state index contributed by atoms with van der Waals surface area (Å²) in [5.41, 5.74) is 3.66. The molecular weight excluding hydrogens is 378 g/mol. The molecular formula is C24H25N3O3. The van der Waals surface area contributed by atoms with Crippen LogP contribution in [0.15, 0.2) is 84.9 Å². The van der Waals surface area contributed by atoms with E-state index in [0.29, 0.717) is 17.9 Å². The highest BCUT2D eigenvalue weighted by Crippen LogP contribution is 2.27. The van der Waals surface area contributed by atoms with Crippen LogP contribution in [0, 0.1) is 0 Å². The minimum Gasteiger partial charge on any atom is -0.453 e. The van der Waals surface area contributed by atoms with Gasteiger partial charge in [-0.25, -0.2) is 9.59 Å². The minimum absolute atomic E-state index is 0.205. The Morgan fingerprint density at radius 1 is 0.767 bits per heavy atom. The topological polar surface area (TPSA) is 79.5 Å².